The van der Waals surface area contributed by atoms with Crippen LogP contribution in [-0.2, 0) is 0 Å². The van der Waals surface area contributed by atoms with Crippen LogP contribution < -0.4 is 4.74 Å². The molecule has 1 aliphatic rings. The molecule has 1 heterocycles. The third kappa shape index (κ3) is 1.90. The van der Waals surface area contributed by atoms with Gasteiger partial charge < -0.3 is 4.74 Å². The first-order valence-corrected chi connectivity index (χ1v) is 4.90. The Morgan fingerprint density at radius 3 is 3.00 bits per heavy atom. The first kappa shape index (κ1) is 8.32. The smallest absolute Gasteiger partial charge is 0.138 e. The molecule has 0 atom stereocenters. The Hall–Kier alpha value is -0.280. The van der Waals surface area contributed by atoms with Crippen molar-refractivity contribution in [2.75, 3.05) is 0 Å². The SMILES string of the molecule is Clc1cc(OC2CC2)c(Br)cn1. The van der Waals surface area contributed by atoms with Crippen LogP contribution in [0, 0.1) is 0 Å². The first-order valence-electron chi connectivity index (χ1n) is 3.73. The second kappa shape index (κ2) is 3.23. The zero-order chi connectivity index (χ0) is 8.55. The normalized spacial score (nSPS) is 16.2. The number of halogens is 2. The van der Waals surface area contributed by atoms with Crippen molar-refractivity contribution in [2.45, 2.75) is 18.9 Å². The summed E-state index contributed by atoms with van der Waals surface area (Å²) in [5.74, 6) is 0.789. The van der Waals surface area contributed by atoms with Gasteiger partial charge in [-0.05, 0) is 28.8 Å². The highest BCUT2D eigenvalue weighted by atomic mass is 79.9. The molecule has 0 saturated heterocycles. The number of ether oxygens (including phenoxy) is 1. The maximum atomic E-state index is 5.71. The minimum Gasteiger partial charge on any atom is -0.489 e. The lowest BCUT2D eigenvalue weighted by Crippen LogP contribution is -1.96. The van der Waals surface area contributed by atoms with Crippen molar-refractivity contribution >= 4 is 27.5 Å². The van der Waals surface area contributed by atoms with E-state index in [1.165, 1.54) is 0 Å². The summed E-state index contributed by atoms with van der Waals surface area (Å²) in [5.41, 5.74) is 0. The average Bonchev–Trinajstić information content (AvgIpc) is 2.81. The van der Waals surface area contributed by atoms with E-state index in [0.717, 1.165) is 23.1 Å². The Bertz CT molecular complexity index is 301. The Morgan fingerprint density at radius 1 is 1.58 bits per heavy atom. The van der Waals surface area contributed by atoms with Gasteiger partial charge in [0.25, 0.3) is 0 Å². The van der Waals surface area contributed by atoms with Crippen molar-refractivity contribution in [2.24, 2.45) is 0 Å². The highest BCUT2D eigenvalue weighted by Gasteiger charge is 2.24. The zero-order valence-electron chi connectivity index (χ0n) is 6.26. The molecular weight excluding hydrogens is 241 g/mol. The molecule has 64 valence electrons. The van der Waals surface area contributed by atoms with Crippen LogP contribution >= 0.6 is 27.5 Å². The highest BCUT2D eigenvalue weighted by molar-refractivity contribution is 9.10. The predicted octanol–water partition coefficient (Wildman–Crippen LogP) is 3.04. The molecule has 1 aliphatic carbocycles. The highest BCUT2D eigenvalue weighted by Crippen LogP contribution is 2.32. The minimum absolute atomic E-state index is 0.389. The summed E-state index contributed by atoms with van der Waals surface area (Å²) >= 11 is 9.05. The lowest BCUT2D eigenvalue weighted by Gasteiger charge is -2.05. The molecule has 1 aromatic rings. The average molecular weight is 249 g/mol. The molecule has 0 aromatic carbocycles. The molecule has 0 radical (unpaired) electrons. The number of hydrogen-bond donors (Lipinski definition) is 0. The summed E-state index contributed by atoms with van der Waals surface area (Å²) in [5, 5.41) is 0.467. The second-order valence-electron chi connectivity index (χ2n) is 2.75. The van der Waals surface area contributed by atoms with Gasteiger partial charge in [0.2, 0.25) is 0 Å². The Morgan fingerprint density at radius 2 is 2.33 bits per heavy atom. The topological polar surface area (TPSA) is 22.1 Å². The second-order valence-corrected chi connectivity index (χ2v) is 4.00. The van der Waals surface area contributed by atoms with Crippen molar-refractivity contribution in [3.05, 3.63) is 21.9 Å². The van der Waals surface area contributed by atoms with Gasteiger partial charge in [-0.25, -0.2) is 4.98 Å². The summed E-state index contributed by atoms with van der Waals surface area (Å²) in [6, 6.07) is 1.73. The molecule has 0 unspecified atom stereocenters. The van der Waals surface area contributed by atoms with Gasteiger partial charge in [-0.1, -0.05) is 11.6 Å². The van der Waals surface area contributed by atoms with E-state index in [1.807, 2.05) is 0 Å². The molecule has 4 heteroatoms. The number of pyridine rings is 1. The molecule has 1 aromatic heterocycles. The van der Waals surface area contributed by atoms with Crippen molar-refractivity contribution in [1.82, 2.24) is 4.98 Å². The van der Waals surface area contributed by atoms with Gasteiger partial charge in [0.1, 0.15) is 10.9 Å². The number of rotatable bonds is 2. The molecule has 1 fully saturated rings. The monoisotopic (exact) mass is 247 g/mol. The molecule has 2 rings (SSSR count). The Balaban J connectivity index is 2.21. The van der Waals surface area contributed by atoms with E-state index in [1.54, 1.807) is 12.3 Å². The first-order chi connectivity index (χ1) is 5.75. The van der Waals surface area contributed by atoms with E-state index in [0.29, 0.717) is 11.3 Å². The van der Waals surface area contributed by atoms with Gasteiger partial charge in [0.15, 0.2) is 0 Å². The maximum Gasteiger partial charge on any atom is 0.138 e. The summed E-state index contributed by atoms with van der Waals surface area (Å²) < 4.78 is 6.43. The lowest BCUT2D eigenvalue weighted by atomic mass is 10.4. The van der Waals surface area contributed by atoms with E-state index in [-0.39, 0.29) is 0 Å². The fourth-order valence-corrected chi connectivity index (χ4v) is 1.31. The van der Waals surface area contributed by atoms with Crippen molar-refractivity contribution < 1.29 is 4.74 Å². The quantitative estimate of drug-likeness (QED) is 0.751. The summed E-state index contributed by atoms with van der Waals surface area (Å²) in [6.07, 6.45) is 4.33. The molecular formula is C8H7BrClNO. The molecule has 1 saturated carbocycles. The number of aromatic nitrogens is 1. The molecule has 0 bridgehead atoms. The molecule has 0 spiro atoms. The van der Waals surface area contributed by atoms with E-state index < -0.39 is 0 Å². The van der Waals surface area contributed by atoms with Gasteiger partial charge in [-0.2, -0.15) is 0 Å². The van der Waals surface area contributed by atoms with Crippen LogP contribution in [0.2, 0.25) is 5.15 Å². The van der Waals surface area contributed by atoms with Crippen LogP contribution in [0.1, 0.15) is 12.8 Å². The molecule has 12 heavy (non-hydrogen) atoms. The van der Waals surface area contributed by atoms with Gasteiger partial charge in [-0.15, -0.1) is 0 Å². The van der Waals surface area contributed by atoms with Crippen LogP contribution in [0.25, 0.3) is 0 Å². The summed E-state index contributed by atoms with van der Waals surface area (Å²) in [4.78, 5) is 3.91. The van der Waals surface area contributed by atoms with Gasteiger partial charge >= 0.3 is 0 Å². The molecule has 2 nitrogen and oxygen atoms in total. The van der Waals surface area contributed by atoms with E-state index in [4.69, 9.17) is 16.3 Å². The van der Waals surface area contributed by atoms with Crippen LogP contribution in [-0.4, -0.2) is 11.1 Å². The van der Waals surface area contributed by atoms with Crippen LogP contribution in [0.5, 0.6) is 5.75 Å². The molecule has 0 amide bonds. The molecule has 0 aliphatic heterocycles. The van der Waals surface area contributed by atoms with Gasteiger partial charge in [-0.3, -0.25) is 0 Å². The van der Waals surface area contributed by atoms with Crippen LogP contribution in [0.15, 0.2) is 16.7 Å². The van der Waals surface area contributed by atoms with E-state index >= 15 is 0 Å². The van der Waals surface area contributed by atoms with Crippen molar-refractivity contribution in [3.63, 3.8) is 0 Å². The van der Waals surface area contributed by atoms with Gasteiger partial charge in [0.05, 0.1) is 10.6 Å². The van der Waals surface area contributed by atoms with Crippen LogP contribution in [0.3, 0.4) is 0 Å². The summed E-state index contributed by atoms with van der Waals surface area (Å²) in [7, 11) is 0. The molecule has 0 N–H and O–H groups in total. The fraction of sp³-hybridized carbons (Fsp3) is 0.375. The zero-order valence-corrected chi connectivity index (χ0v) is 8.60. The van der Waals surface area contributed by atoms with Crippen molar-refractivity contribution in [3.8, 4) is 5.75 Å². The Labute approximate surface area is 84.0 Å². The van der Waals surface area contributed by atoms with E-state index in [2.05, 4.69) is 20.9 Å². The van der Waals surface area contributed by atoms with Crippen molar-refractivity contribution in [1.29, 1.82) is 0 Å². The third-order valence-electron chi connectivity index (χ3n) is 1.60. The van der Waals surface area contributed by atoms with E-state index in [9.17, 15) is 0 Å². The van der Waals surface area contributed by atoms with Gasteiger partial charge in [0, 0.05) is 12.3 Å². The minimum atomic E-state index is 0.389. The number of hydrogen-bond acceptors (Lipinski definition) is 2. The third-order valence-corrected chi connectivity index (χ3v) is 2.41. The maximum absolute atomic E-state index is 5.71. The number of nitrogens with zero attached hydrogens (tertiary/aromatic N) is 1. The Kier molecular flexibility index (Phi) is 2.24. The predicted molar refractivity (Wildman–Crippen MR) is 50.6 cm³/mol. The van der Waals surface area contributed by atoms with Crippen LogP contribution in [0.4, 0.5) is 0 Å². The summed E-state index contributed by atoms with van der Waals surface area (Å²) in [6.45, 7) is 0. The lowest BCUT2D eigenvalue weighted by molar-refractivity contribution is 0.301. The largest absolute Gasteiger partial charge is 0.489 e. The standard InChI is InChI=1S/C8H7BrClNO/c9-6-4-11-8(10)3-7(6)12-5-1-2-5/h3-5H,1-2H2. The fourth-order valence-electron chi connectivity index (χ4n) is 0.852.